The topological polar surface area (TPSA) is 41.5 Å². The summed E-state index contributed by atoms with van der Waals surface area (Å²) in [6, 6.07) is -0.0908. The summed E-state index contributed by atoms with van der Waals surface area (Å²) in [5.41, 5.74) is 0. The third-order valence-corrected chi connectivity index (χ3v) is 3.40. The van der Waals surface area contributed by atoms with Gasteiger partial charge in [0.1, 0.15) is 11.9 Å². The van der Waals surface area contributed by atoms with Crippen LogP contribution < -0.4 is 5.32 Å². The Morgan fingerprint density at radius 2 is 2.07 bits per heavy atom. The Bertz CT molecular complexity index is 267. The van der Waals surface area contributed by atoms with Crippen molar-refractivity contribution in [1.29, 1.82) is 0 Å². The lowest BCUT2D eigenvalue weighted by molar-refractivity contribution is -0.120. The van der Waals surface area contributed by atoms with Gasteiger partial charge in [-0.15, -0.1) is 0 Å². The maximum Gasteiger partial charge on any atom is 0.250 e. The molecule has 2 rings (SSSR count). The molecule has 1 fully saturated rings. The second-order valence-electron chi connectivity index (χ2n) is 4.64. The van der Waals surface area contributed by atoms with Gasteiger partial charge in [-0.1, -0.05) is 32.6 Å². The highest BCUT2D eigenvalue weighted by molar-refractivity contribution is 6.06. The predicted molar refractivity (Wildman–Crippen MR) is 60.8 cm³/mol. The molecule has 3 nitrogen and oxygen atoms in total. The number of nitrogens with zero attached hydrogens (tertiary/aromatic N) is 1. The minimum atomic E-state index is -0.0908. The zero-order valence-corrected chi connectivity index (χ0v) is 9.46. The highest BCUT2D eigenvalue weighted by Crippen LogP contribution is 2.26. The van der Waals surface area contributed by atoms with Crippen LogP contribution in [0, 0.1) is 5.92 Å². The number of amidine groups is 1. The van der Waals surface area contributed by atoms with Crippen molar-refractivity contribution in [1.82, 2.24) is 5.32 Å². The van der Waals surface area contributed by atoms with Crippen LogP contribution in [-0.4, -0.2) is 17.8 Å². The quantitative estimate of drug-likeness (QED) is 0.759. The van der Waals surface area contributed by atoms with Gasteiger partial charge in [-0.25, -0.2) is 0 Å². The summed E-state index contributed by atoms with van der Waals surface area (Å²) in [5.74, 6) is 1.64. The van der Waals surface area contributed by atoms with Gasteiger partial charge in [0.2, 0.25) is 5.91 Å². The number of hydrogen-bond acceptors (Lipinski definition) is 2. The summed E-state index contributed by atoms with van der Waals surface area (Å²) < 4.78 is 0. The van der Waals surface area contributed by atoms with Crippen LogP contribution in [0.25, 0.3) is 0 Å². The van der Waals surface area contributed by atoms with Crippen LogP contribution in [0.5, 0.6) is 0 Å². The van der Waals surface area contributed by atoms with Crippen LogP contribution >= 0.6 is 0 Å². The molecule has 1 unspecified atom stereocenters. The lowest BCUT2D eigenvalue weighted by Gasteiger charge is -2.20. The zero-order chi connectivity index (χ0) is 10.7. The van der Waals surface area contributed by atoms with Gasteiger partial charge in [-0.05, 0) is 19.3 Å². The van der Waals surface area contributed by atoms with Crippen molar-refractivity contribution in [2.75, 3.05) is 0 Å². The van der Waals surface area contributed by atoms with Gasteiger partial charge >= 0.3 is 0 Å². The Balaban J connectivity index is 1.97. The van der Waals surface area contributed by atoms with Gasteiger partial charge in [0, 0.05) is 5.92 Å². The van der Waals surface area contributed by atoms with Crippen molar-refractivity contribution in [3.8, 4) is 0 Å². The third kappa shape index (κ3) is 2.39. The molecule has 0 aromatic heterocycles. The molecule has 2 aliphatic rings. The lowest BCUT2D eigenvalue weighted by atomic mass is 9.88. The smallest absolute Gasteiger partial charge is 0.250 e. The number of hydrogen-bond donors (Lipinski definition) is 1. The number of rotatable bonds is 3. The second kappa shape index (κ2) is 4.77. The van der Waals surface area contributed by atoms with Crippen LogP contribution in [0.15, 0.2) is 4.99 Å². The Kier molecular flexibility index (Phi) is 3.39. The van der Waals surface area contributed by atoms with E-state index in [1.165, 1.54) is 32.1 Å². The summed E-state index contributed by atoms with van der Waals surface area (Å²) in [5, 5.41) is 2.97. The molecule has 1 atom stereocenters. The SMILES string of the molecule is CCCC1N=C(C2CCCCC2)NC1=O. The zero-order valence-electron chi connectivity index (χ0n) is 9.46. The standard InChI is InChI=1S/C12H20N2O/c1-2-6-10-12(15)14-11(13-10)9-7-4-3-5-8-9/h9-10H,2-8H2,1H3,(H,13,14,15). The molecule has 1 aliphatic heterocycles. The number of nitrogens with one attached hydrogen (secondary N) is 1. The Labute approximate surface area is 91.3 Å². The summed E-state index contributed by atoms with van der Waals surface area (Å²) in [6.07, 6.45) is 8.25. The van der Waals surface area contributed by atoms with E-state index in [2.05, 4.69) is 17.2 Å². The molecular formula is C12H20N2O. The van der Waals surface area contributed by atoms with Crippen LogP contribution in [-0.2, 0) is 4.79 Å². The largest absolute Gasteiger partial charge is 0.312 e. The minimum absolute atomic E-state index is 0.0908. The van der Waals surface area contributed by atoms with Crippen molar-refractivity contribution in [2.45, 2.75) is 57.9 Å². The molecule has 84 valence electrons. The fourth-order valence-electron chi connectivity index (χ4n) is 2.52. The Morgan fingerprint density at radius 1 is 1.33 bits per heavy atom. The molecule has 1 heterocycles. The molecule has 15 heavy (non-hydrogen) atoms. The van der Waals surface area contributed by atoms with Gasteiger partial charge in [0.15, 0.2) is 0 Å². The highest BCUT2D eigenvalue weighted by Gasteiger charge is 2.30. The van der Waals surface area contributed by atoms with E-state index in [1.807, 2.05) is 0 Å². The molecule has 0 spiro atoms. The molecule has 1 amide bonds. The van der Waals surface area contributed by atoms with Crippen LogP contribution in [0.1, 0.15) is 51.9 Å². The molecule has 0 aromatic carbocycles. The Morgan fingerprint density at radius 3 is 2.73 bits per heavy atom. The van der Waals surface area contributed by atoms with Crippen LogP contribution in [0.2, 0.25) is 0 Å². The van der Waals surface area contributed by atoms with Crippen molar-refractivity contribution >= 4 is 11.7 Å². The van der Waals surface area contributed by atoms with Gasteiger partial charge in [-0.2, -0.15) is 0 Å². The summed E-state index contributed by atoms with van der Waals surface area (Å²) >= 11 is 0. The van der Waals surface area contributed by atoms with Gasteiger partial charge in [-0.3, -0.25) is 9.79 Å². The van der Waals surface area contributed by atoms with Gasteiger partial charge < -0.3 is 5.32 Å². The summed E-state index contributed by atoms with van der Waals surface area (Å²) in [6.45, 7) is 2.10. The first-order valence-electron chi connectivity index (χ1n) is 6.20. The predicted octanol–water partition coefficient (Wildman–Crippen LogP) is 2.26. The van der Waals surface area contributed by atoms with E-state index < -0.39 is 0 Å². The molecule has 1 aliphatic carbocycles. The van der Waals surface area contributed by atoms with E-state index in [0.717, 1.165) is 18.7 Å². The maximum atomic E-state index is 11.6. The number of aliphatic imine (C=N–C) groups is 1. The van der Waals surface area contributed by atoms with Crippen molar-refractivity contribution in [3.05, 3.63) is 0 Å². The van der Waals surface area contributed by atoms with E-state index in [4.69, 9.17) is 0 Å². The normalized spacial score (nSPS) is 27.7. The number of carbonyl (C=O) groups is 1. The maximum absolute atomic E-state index is 11.6. The van der Waals surface area contributed by atoms with Crippen LogP contribution in [0.4, 0.5) is 0 Å². The molecular weight excluding hydrogens is 188 g/mol. The molecule has 0 saturated heterocycles. The molecule has 1 saturated carbocycles. The minimum Gasteiger partial charge on any atom is -0.312 e. The van der Waals surface area contributed by atoms with Crippen molar-refractivity contribution in [3.63, 3.8) is 0 Å². The first kappa shape index (κ1) is 10.7. The lowest BCUT2D eigenvalue weighted by Crippen LogP contribution is -2.33. The second-order valence-corrected chi connectivity index (χ2v) is 4.64. The van der Waals surface area contributed by atoms with E-state index in [9.17, 15) is 4.79 Å². The van der Waals surface area contributed by atoms with E-state index >= 15 is 0 Å². The van der Waals surface area contributed by atoms with Crippen molar-refractivity contribution in [2.24, 2.45) is 10.9 Å². The number of carbonyl (C=O) groups excluding carboxylic acids is 1. The average molecular weight is 208 g/mol. The summed E-state index contributed by atoms with van der Waals surface area (Å²) in [7, 11) is 0. The summed E-state index contributed by atoms with van der Waals surface area (Å²) in [4.78, 5) is 16.1. The first-order valence-corrected chi connectivity index (χ1v) is 6.20. The Hall–Kier alpha value is -0.860. The molecule has 3 heteroatoms. The van der Waals surface area contributed by atoms with E-state index in [0.29, 0.717) is 5.92 Å². The molecule has 0 radical (unpaired) electrons. The molecule has 0 aromatic rings. The first-order chi connectivity index (χ1) is 7.31. The number of amides is 1. The van der Waals surface area contributed by atoms with Crippen molar-refractivity contribution < 1.29 is 4.79 Å². The fourth-order valence-corrected chi connectivity index (χ4v) is 2.52. The van der Waals surface area contributed by atoms with Gasteiger partial charge in [0.25, 0.3) is 0 Å². The fraction of sp³-hybridized carbons (Fsp3) is 0.833. The van der Waals surface area contributed by atoms with E-state index in [1.54, 1.807) is 0 Å². The molecule has 0 bridgehead atoms. The molecule has 1 N–H and O–H groups in total. The van der Waals surface area contributed by atoms with Crippen LogP contribution in [0.3, 0.4) is 0 Å². The average Bonchev–Trinajstić information content (AvgIpc) is 2.63. The van der Waals surface area contributed by atoms with Gasteiger partial charge in [0.05, 0.1) is 0 Å². The third-order valence-electron chi connectivity index (χ3n) is 3.40. The highest BCUT2D eigenvalue weighted by atomic mass is 16.2. The monoisotopic (exact) mass is 208 g/mol. The van der Waals surface area contributed by atoms with E-state index in [-0.39, 0.29) is 11.9 Å².